The lowest BCUT2D eigenvalue weighted by Crippen LogP contribution is -1.94. The zero-order valence-electron chi connectivity index (χ0n) is 13.8. The van der Waals surface area contributed by atoms with Crippen LogP contribution in [0.25, 0.3) is 11.3 Å². The van der Waals surface area contributed by atoms with Gasteiger partial charge in [0.25, 0.3) is 0 Å². The first-order valence-electron chi connectivity index (χ1n) is 8.51. The summed E-state index contributed by atoms with van der Waals surface area (Å²) in [5.41, 5.74) is 3.50. The minimum atomic E-state index is 0.768. The number of rotatable bonds is 9. The van der Waals surface area contributed by atoms with Gasteiger partial charge in [0.05, 0.1) is 12.3 Å². The van der Waals surface area contributed by atoms with Gasteiger partial charge < -0.3 is 4.74 Å². The highest BCUT2D eigenvalue weighted by Gasteiger charge is 2.01. The van der Waals surface area contributed by atoms with Crippen LogP contribution in [0.2, 0.25) is 0 Å². The van der Waals surface area contributed by atoms with Crippen LogP contribution in [0.1, 0.15) is 51.5 Å². The van der Waals surface area contributed by atoms with Crippen molar-refractivity contribution in [1.29, 1.82) is 0 Å². The minimum Gasteiger partial charge on any atom is -0.494 e. The molecule has 22 heavy (non-hydrogen) atoms. The fourth-order valence-corrected chi connectivity index (χ4v) is 2.44. The van der Waals surface area contributed by atoms with Crippen LogP contribution in [0.5, 0.6) is 5.75 Å². The second kappa shape index (κ2) is 9.24. The Kier molecular flexibility index (Phi) is 6.95. The maximum atomic E-state index is 5.61. The second-order valence-electron chi connectivity index (χ2n) is 5.74. The highest BCUT2D eigenvalue weighted by atomic mass is 16.5. The van der Waals surface area contributed by atoms with Crippen LogP contribution in [-0.2, 0) is 6.42 Å². The van der Waals surface area contributed by atoms with Gasteiger partial charge in [-0.2, -0.15) is 0 Å². The number of nitrogens with zero attached hydrogens (tertiary/aromatic N) is 1. The molecule has 0 radical (unpaired) electrons. The molecule has 2 aromatic rings. The molecule has 0 amide bonds. The number of benzene rings is 1. The third-order valence-corrected chi connectivity index (χ3v) is 3.77. The van der Waals surface area contributed by atoms with Gasteiger partial charge in [0, 0.05) is 11.8 Å². The van der Waals surface area contributed by atoms with Gasteiger partial charge in [-0.15, -0.1) is 0 Å². The Balaban J connectivity index is 1.92. The van der Waals surface area contributed by atoms with Gasteiger partial charge in [-0.1, -0.05) is 39.2 Å². The summed E-state index contributed by atoms with van der Waals surface area (Å²) in [7, 11) is 0. The maximum absolute atomic E-state index is 5.61. The van der Waals surface area contributed by atoms with Crippen LogP contribution in [0, 0.1) is 0 Å². The van der Waals surface area contributed by atoms with Gasteiger partial charge in [0.2, 0.25) is 0 Å². The van der Waals surface area contributed by atoms with E-state index in [-0.39, 0.29) is 0 Å². The molecule has 1 aromatic heterocycles. The molecule has 0 saturated carbocycles. The molecule has 2 nitrogen and oxygen atoms in total. The topological polar surface area (TPSA) is 22.1 Å². The van der Waals surface area contributed by atoms with E-state index in [0.29, 0.717) is 0 Å². The number of unbranched alkanes of at least 4 members (excludes halogenated alkanes) is 3. The van der Waals surface area contributed by atoms with Crippen molar-refractivity contribution >= 4 is 0 Å². The summed E-state index contributed by atoms with van der Waals surface area (Å²) >= 11 is 0. The van der Waals surface area contributed by atoms with Gasteiger partial charge in [-0.3, -0.25) is 4.98 Å². The van der Waals surface area contributed by atoms with E-state index >= 15 is 0 Å². The Labute approximate surface area is 134 Å². The first-order valence-corrected chi connectivity index (χ1v) is 8.51. The fraction of sp³-hybridized carbons (Fsp3) is 0.450. The highest BCUT2D eigenvalue weighted by Crippen LogP contribution is 2.21. The average molecular weight is 297 g/mol. The number of aryl methyl sites for hydroxylation is 1. The number of pyridine rings is 1. The zero-order chi connectivity index (χ0) is 15.6. The van der Waals surface area contributed by atoms with E-state index in [1.54, 1.807) is 0 Å². The van der Waals surface area contributed by atoms with Gasteiger partial charge in [-0.05, 0) is 55.2 Å². The van der Waals surface area contributed by atoms with Crippen molar-refractivity contribution in [3.63, 3.8) is 0 Å². The third kappa shape index (κ3) is 5.18. The van der Waals surface area contributed by atoms with Crippen LogP contribution in [0.15, 0.2) is 42.6 Å². The summed E-state index contributed by atoms with van der Waals surface area (Å²) in [6.45, 7) is 5.13. The van der Waals surface area contributed by atoms with Crippen LogP contribution in [-0.4, -0.2) is 11.6 Å². The molecule has 118 valence electrons. The Morgan fingerprint density at radius 1 is 0.864 bits per heavy atom. The van der Waals surface area contributed by atoms with Crippen LogP contribution in [0.3, 0.4) is 0 Å². The first-order chi connectivity index (χ1) is 10.8. The summed E-state index contributed by atoms with van der Waals surface area (Å²) in [4.78, 5) is 4.60. The lowest BCUT2D eigenvalue weighted by molar-refractivity contribution is 0.317. The smallest absolute Gasteiger partial charge is 0.119 e. The van der Waals surface area contributed by atoms with Crippen LogP contribution >= 0.6 is 0 Å². The van der Waals surface area contributed by atoms with E-state index in [1.165, 1.54) is 31.2 Å². The van der Waals surface area contributed by atoms with E-state index in [4.69, 9.17) is 4.74 Å². The average Bonchev–Trinajstić information content (AvgIpc) is 2.58. The molecule has 0 aliphatic carbocycles. The molecule has 0 spiro atoms. The molecular weight excluding hydrogens is 270 g/mol. The monoisotopic (exact) mass is 297 g/mol. The Bertz CT molecular complexity index is 531. The minimum absolute atomic E-state index is 0.768. The molecule has 0 N–H and O–H groups in total. The molecule has 0 bridgehead atoms. The van der Waals surface area contributed by atoms with Crippen molar-refractivity contribution in [3.8, 4) is 17.0 Å². The summed E-state index contributed by atoms with van der Waals surface area (Å²) in [5.74, 6) is 0.929. The second-order valence-corrected chi connectivity index (χ2v) is 5.74. The molecular formula is C20H27NO. The predicted molar refractivity (Wildman–Crippen MR) is 93.3 cm³/mol. The number of ether oxygens (including phenoxy) is 1. The molecule has 2 rings (SSSR count). The van der Waals surface area contributed by atoms with Crippen LogP contribution in [0.4, 0.5) is 0 Å². The molecule has 0 saturated heterocycles. The van der Waals surface area contributed by atoms with E-state index in [9.17, 15) is 0 Å². The van der Waals surface area contributed by atoms with Gasteiger partial charge in [0.15, 0.2) is 0 Å². The van der Waals surface area contributed by atoms with Crippen molar-refractivity contribution in [2.24, 2.45) is 0 Å². The van der Waals surface area contributed by atoms with E-state index in [0.717, 1.165) is 36.5 Å². The van der Waals surface area contributed by atoms with Crippen molar-refractivity contribution in [2.75, 3.05) is 6.61 Å². The van der Waals surface area contributed by atoms with Crippen molar-refractivity contribution < 1.29 is 4.74 Å². The van der Waals surface area contributed by atoms with Gasteiger partial charge in [0.1, 0.15) is 5.75 Å². The Morgan fingerprint density at radius 3 is 2.32 bits per heavy atom. The predicted octanol–water partition coefficient (Wildman–Crippen LogP) is 5.66. The Hall–Kier alpha value is -1.83. The van der Waals surface area contributed by atoms with E-state index in [2.05, 4.69) is 43.1 Å². The molecule has 1 aromatic carbocycles. The lowest BCUT2D eigenvalue weighted by Gasteiger charge is -2.06. The summed E-state index contributed by atoms with van der Waals surface area (Å²) in [6, 6.07) is 12.5. The molecule has 0 atom stereocenters. The molecule has 2 heteroatoms. The molecule has 0 fully saturated rings. The maximum Gasteiger partial charge on any atom is 0.119 e. The first kappa shape index (κ1) is 16.5. The zero-order valence-corrected chi connectivity index (χ0v) is 13.8. The van der Waals surface area contributed by atoms with Gasteiger partial charge in [-0.25, -0.2) is 0 Å². The fourth-order valence-electron chi connectivity index (χ4n) is 2.44. The Morgan fingerprint density at radius 2 is 1.68 bits per heavy atom. The van der Waals surface area contributed by atoms with Crippen LogP contribution < -0.4 is 4.74 Å². The molecule has 0 aliphatic heterocycles. The van der Waals surface area contributed by atoms with Crippen molar-refractivity contribution in [2.45, 2.75) is 52.4 Å². The number of aromatic nitrogens is 1. The normalized spacial score (nSPS) is 10.6. The number of hydrogen-bond acceptors (Lipinski definition) is 2. The van der Waals surface area contributed by atoms with Crippen molar-refractivity contribution in [1.82, 2.24) is 4.98 Å². The third-order valence-electron chi connectivity index (χ3n) is 3.77. The summed E-state index contributed by atoms with van der Waals surface area (Å²) in [5, 5.41) is 0. The van der Waals surface area contributed by atoms with E-state index < -0.39 is 0 Å². The lowest BCUT2D eigenvalue weighted by atomic mass is 10.1. The standard InChI is InChI=1S/C20H27NO/c1-3-5-6-7-8-17-9-14-20(21-16-17)18-10-12-19(13-11-18)22-15-4-2/h9-14,16H,3-8,15H2,1-2H3. The molecule has 1 heterocycles. The molecule has 0 aliphatic rings. The summed E-state index contributed by atoms with van der Waals surface area (Å²) < 4.78 is 5.61. The largest absolute Gasteiger partial charge is 0.494 e. The van der Waals surface area contributed by atoms with Crippen molar-refractivity contribution in [3.05, 3.63) is 48.2 Å². The number of hydrogen-bond donors (Lipinski definition) is 0. The summed E-state index contributed by atoms with van der Waals surface area (Å²) in [6.07, 6.45) is 9.38. The molecule has 0 unspecified atom stereocenters. The quantitative estimate of drug-likeness (QED) is 0.557. The SMILES string of the molecule is CCCCCCc1ccc(-c2ccc(OCCC)cc2)nc1. The van der Waals surface area contributed by atoms with Gasteiger partial charge >= 0.3 is 0 Å². The highest BCUT2D eigenvalue weighted by molar-refractivity contribution is 5.60. The van der Waals surface area contributed by atoms with E-state index in [1.807, 2.05) is 18.3 Å².